The van der Waals surface area contributed by atoms with Gasteiger partial charge in [0.15, 0.2) is 0 Å². The van der Waals surface area contributed by atoms with Crippen LogP contribution in [0.3, 0.4) is 0 Å². The van der Waals surface area contributed by atoms with Crippen molar-refractivity contribution < 1.29 is 9.53 Å². The van der Waals surface area contributed by atoms with Gasteiger partial charge < -0.3 is 14.5 Å². The summed E-state index contributed by atoms with van der Waals surface area (Å²) in [5.41, 5.74) is 1.10. The number of hydrogen-bond donors (Lipinski definition) is 0. The summed E-state index contributed by atoms with van der Waals surface area (Å²) in [5.74, 6) is 0.781. The van der Waals surface area contributed by atoms with Gasteiger partial charge in [-0.1, -0.05) is 30.3 Å². The van der Waals surface area contributed by atoms with Crippen LogP contribution in [0.4, 0.5) is 4.79 Å². The number of ether oxygens (including phenoxy) is 1. The SMILES string of the molecule is CN1CC=C(OC(=O)N(C)Cc2ccccc2)CC1. The maximum atomic E-state index is 11.9. The number of amides is 1. The molecule has 0 radical (unpaired) electrons. The zero-order valence-electron chi connectivity index (χ0n) is 11.5. The van der Waals surface area contributed by atoms with Crippen LogP contribution in [-0.4, -0.2) is 43.1 Å². The fourth-order valence-electron chi connectivity index (χ4n) is 1.96. The van der Waals surface area contributed by atoms with E-state index in [9.17, 15) is 4.79 Å². The zero-order valence-corrected chi connectivity index (χ0v) is 11.5. The molecule has 0 aliphatic carbocycles. The third-order valence-corrected chi connectivity index (χ3v) is 3.16. The molecule has 1 aliphatic rings. The van der Waals surface area contributed by atoms with Gasteiger partial charge in [0.25, 0.3) is 0 Å². The Morgan fingerprint density at radius 1 is 1.37 bits per heavy atom. The summed E-state index contributed by atoms with van der Waals surface area (Å²) in [5, 5.41) is 0. The van der Waals surface area contributed by atoms with Crippen LogP contribution in [0.5, 0.6) is 0 Å². The Labute approximate surface area is 114 Å². The minimum absolute atomic E-state index is 0.292. The van der Waals surface area contributed by atoms with Crippen molar-refractivity contribution in [1.82, 2.24) is 9.80 Å². The highest BCUT2D eigenvalue weighted by molar-refractivity contribution is 5.68. The number of hydrogen-bond acceptors (Lipinski definition) is 3. The summed E-state index contributed by atoms with van der Waals surface area (Å²) in [6.07, 6.45) is 2.47. The van der Waals surface area contributed by atoms with Gasteiger partial charge in [-0.2, -0.15) is 0 Å². The van der Waals surface area contributed by atoms with E-state index < -0.39 is 0 Å². The molecule has 1 amide bonds. The van der Waals surface area contributed by atoms with E-state index in [1.807, 2.05) is 36.4 Å². The predicted molar refractivity (Wildman–Crippen MR) is 74.6 cm³/mol. The topological polar surface area (TPSA) is 32.8 Å². The van der Waals surface area contributed by atoms with Crippen molar-refractivity contribution in [3.8, 4) is 0 Å². The highest BCUT2D eigenvalue weighted by atomic mass is 16.6. The highest BCUT2D eigenvalue weighted by Crippen LogP contribution is 2.13. The van der Waals surface area contributed by atoms with Crippen LogP contribution < -0.4 is 0 Å². The standard InChI is InChI=1S/C15H20N2O2/c1-16-10-8-14(9-11-16)19-15(18)17(2)12-13-6-4-3-5-7-13/h3-8H,9-12H2,1-2H3. The molecule has 0 atom stereocenters. The van der Waals surface area contributed by atoms with Crippen LogP contribution in [-0.2, 0) is 11.3 Å². The van der Waals surface area contributed by atoms with Crippen molar-refractivity contribution in [2.24, 2.45) is 0 Å². The largest absolute Gasteiger partial charge is 0.415 e. The fourth-order valence-corrected chi connectivity index (χ4v) is 1.96. The second-order valence-electron chi connectivity index (χ2n) is 4.89. The molecule has 102 valence electrons. The first kappa shape index (κ1) is 13.6. The Bertz CT molecular complexity index is 456. The summed E-state index contributed by atoms with van der Waals surface area (Å²) < 4.78 is 5.40. The van der Waals surface area contributed by atoms with E-state index in [1.54, 1.807) is 11.9 Å². The number of carbonyl (C=O) groups is 1. The van der Waals surface area contributed by atoms with Crippen LogP contribution in [0.2, 0.25) is 0 Å². The van der Waals surface area contributed by atoms with Gasteiger partial charge in [-0.25, -0.2) is 4.79 Å². The van der Waals surface area contributed by atoms with Crippen molar-refractivity contribution in [2.75, 3.05) is 27.2 Å². The van der Waals surface area contributed by atoms with Crippen LogP contribution in [0.25, 0.3) is 0 Å². The van der Waals surface area contributed by atoms with E-state index in [1.165, 1.54) is 0 Å². The van der Waals surface area contributed by atoms with Crippen molar-refractivity contribution in [1.29, 1.82) is 0 Å². The lowest BCUT2D eigenvalue weighted by Crippen LogP contribution is -2.30. The molecule has 19 heavy (non-hydrogen) atoms. The Morgan fingerprint density at radius 3 is 2.74 bits per heavy atom. The average Bonchev–Trinajstić information content (AvgIpc) is 2.42. The van der Waals surface area contributed by atoms with Crippen molar-refractivity contribution in [3.63, 3.8) is 0 Å². The van der Waals surface area contributed by atoms with Gasteiger partial charge in [-0.05, 0) is 18.7 Å². The molecule has 0 fully saturated rings. The maximum absolute atomic E-state index is 11.9. The molecular weight excluding hydrogens is 240 g/mol. The Hall–Kier alpha value is -1.81. The lowest BCUT2D eigenvalue weighted by Gasteiger charge is -2.23. The minimum Gasteiger partial charge on any atom is -0.415 e. The second kappa shape index (κ2) is 6.38. The van der Waals surface area contributed by atoms with E-state index in [0.717, 1.165) is 30.8 Å². The number of carbonyl (C=O) groups excluding carboxylic acids is 1. The van der Waals surface area contributed by atoms with Gasteiger partial charge in [0.2, 0.25) is 0 Å². The van der Waals surface area contributed by atoms with Gasteiger partial charge >= 0.3 is 6.09 Å². The Morgan fingerprint density at radius 2 is 2.11 bits per heavy atom. The summed E-state index contributed by atoms with van der Waals surface area (Å²) in [4.78, 5) is 15.7. The molecule has 2 rings (SSSR count). The summed E-state index contributed by atoms with van der Waals surface area (Å²) in [6, 6.07) is 9.89. The molecule has 0 unspecified atom stereocenters. The van der Waals surface area contributed by atoms with Crippen molar-refractivity contribution >= 4 is 6.09 Å². The molecule has 1 aromatic carbocycles. The summed E-state index contributed by atoms with van der Waals surface area (Å²) in [7, 11) is 3.81. The number of likely N-dealkylation sites (N-methyl/N-ethyl adjacent to an activating group) is 1. The summed E-state index contributed by atoms with van der Waals surface area (Å²) in [6.45, 7) is 2.33. The Balaban J connectivity index is 1.86. The lowest BCUT2D eigenvalue weighted by atomic mass is 10.2. The molecule has 1 heterocycles. The number of rotatable bonds is 3. The monoisotopic (exact) mass is 260 g/mol. The van der Waals surface area contributed by atoms with E-state index >= 15 is 0 Å². The van der Waals surface area contributed by atoms with E-state index in [2.05, 4.69) is 11.9 Å². The van der Waals surface area contributed by atoms with E-state index in [0.29, 0.717) is 6.54 Å². The van der Waals surface area contributed by atoms with Crippen LogP contribution in [0, 0.1) is 0 Å². The van der Waals surface area contributed by atoms with Gasteiger partial charge in [0, 0.05) is 33.1 Å². The number of nitrogens with zero attached hydrogens (tertiary/aromatic N) is 2. The summed E-state index contributed by atoms with van der Waals surface area (Å²) >= 11 is 0. The molecule has 1 aliphatic heterocycles. The first-order valence-corrected chi connectivity index (χ1v) is 6.49. The maximum Gasteiger partial charge on any atom is 0.414 e. The fraction of sp³-hybridized carbons (Fsp3) is 0.400. The van der Waals surface area contributed by atoms with Crippen molar-refractivity contribution in [2.45, 2.75) is 13.0 Å². The zero-order chi connectivity index (χ0) is 13.7. The van der Waals surface area contributed by atoms with Crippen molar-refractivity contribution in [3.05, 3.63) is 47.7 Å². The van der Waals surface area contributed by atoms with Crippen LogP contribution in [0.15, 0.2) is 42.2 Å². The lowest BCUT2D eigenvalue weighted by molar-refractivity contribution is 0.128. The van der Waals surface area contributed by atoms with Gasteiger partial charge in [0.05, 0.1) is 0 Å². The van der Waals surface area contributed by atoms with Crippen LogP contribution in [0.1, 0.15) is 12.0 Å². The second-order valence-corrected chi connectivity index (χ2v) is 4.89. The molecule has 0 saturated carbocycles. The third-order valence-electron chi connectivity index (χ3n) is 3.16. The molecular formula is C15H20N2O2. The predicted octanol–water partition coefficient (Wildman–Crippen LogP) is 2.47. The Kier molecular flexibility index (Phi) is 4.58. The van der Waals surface area contributed by atoms with E-state index in [-0.39, 0.29) is 6.09 Å². The third kappa shape index (κ3) is 4.10. The molecule has 4 heteroatoms. The molecule has 0 spiro atoms. The first-order valence-electron chi connectivity index (χ1n) is 6.49. The average molecular weight is 260 g/mol. The van der Waals surface area contributed by atoms with E-state index in [4.69, 9.17) is 4.74 Å². The minimum atomic E-state index is -0.292. The van der Waals surface area contributed by atoms with Gasteiger partial charge in [-0.15, -0.1) is 0 Å². The molecule has 0 bridgehead atoms. The first-order chi connectivity index (χ1) is 9.15. The number of benzene rings is 1. The normalized spacial score (nSPS) is 15.8. The highest BCUT2D eigenvalue weighted by Gasteiger charge is 2.15. The molecule has 0 aromatic heterocycles. The van der Waals surface area contributed by atoms with Gasteiger partial charge in [-0.3, -0.25) is 0 Å². The molecule has 0 saturated heterocycles. The smallest absolute Gasteiger partial charge is 0.414 e. The molecule has 4 nitrogen and oxygen atoms in total. The quantitative estimate of drug-likeness (QED) is 0.837. The molecule has 1 aromatic rings. The molecule has 0 N–H and O–H groups in total. The van der Waals surface area contributed by atoms with Gasteiger partial charge in [0.1, 0.15) is 5.76 Å². The van der Waals surface area contributed by atoms with Crippen LogP contribution >= 0.6 is 0 Å².